The highest BCUT2D eigenvalue weighted by atomic mass is 16.1. The molecule has 0 spiro atoms. The number of ketones is 1. The van der Waals surface area contributed by atoms with Crippen LogP contribution in [0.25, 0.3) is 10.8 Å². The zero-order valence-electron chi connectivity index (χ0n) is 7.70. The number of Topliss-reactive ketones (excluding diaryl/α,β-unsaturated/α-hetero) is 1. The van der Waals surface area contributed by atoms with Gasteiger partial charge in [-0.2, -0.15) is 0 Å². The van der Waals surface area contributed by atoms with Gasteiger partial charge in [-0.1, -0.05) is 18.2 Å². The second-order valence-electron chi connectivity index (χ2n) is 3.16. The summed E-state index contributed by atoms with van der Waals surface area (Å²) in [6, 6.07) is 8.88. The molecule has 1 aromatic heterocycles. The number of pyridine rings is 1. The van der Waals surface area contributed by atoms with Gasteiger partial charge in [-0.3, -0.25) is 9.59 Å². The summed E-state index contributed by atoms with van der Waals surface area (Å²) >= 11 is 0. The van der Waals surface area contributed by atoms with Crippen molar-refractivity contribution in [2.75, 3.05) is 0 Å². The first-order valence-electron chi connectivity index (χ1n) is 4.31. The monoisotopic (exact) mass is 187 g/mol. The van der Waals surface area contributed by atoms with E-state index in [0.717, 1.165) is 5.39 Å². The van der Waals surface area contributed by atoms with Crippen LogP contribution < -0.4 is 5.56 Å². The van der Waals surface area contributed by atoms with Crippen LogP contribution in [-0.2, 0) is 0 Å². The zero-order chi connectivity index (χ0) is 10.1. The Morgan fingerprint density at radius 1 is 1.29 bits per heavy atom. The molecule has 0 bridgehead atoms. The topological polar surface area (TPSA) is 49.9 Å². The Morgan fingerprint density at radius 3 is 2.71 bits per heavy atom. The standard InChI is InChI=1S/C11H9NO2/c1-7(13)10-6-8-4-2-3-5-9(8)11(14)12-10/h2-6H,1H3,(H,12,14). The minimum absolute atomic E-state index is 0.132. The molecule has 2 rings (SSSR count). The summed E-state index contributed by atoms with van der Waals surface area (Å²) in [5, 5.41) is 1.40. The van der Waals surface area contributed by atoms with Crippen LogP contribution in [0.4, 0.5) is 0 Å². The number of carbonyl (C=O) groups is 1. The van der Waals surface area contributed by atoms with Gasteiger partial charge in [-0.25, -0.2) is 0 Å². The molecule has 0 fully saturated rings. The lowest BCUT2D eigenvalue weighted by atomic mass is 10.1. The smallest absolute Gasteiger partial charge is 0.256 e. The van der Waals surface area contributed by atoms with Crippen molar-refractivity contribution in [1.29, 1.82) is 0 Å². The molecular formula is C11H9NO2. The van der Waals surface area contributed by atoms with Crippen molar-refractivity contribution < 1.29 is 4.79 Å². The van der Waals surface area contributed by atoms with Crippen LogP contribution in [0.3, 0.4) is 0 Å². The van der Waals surface area contributed by atoms with Gasteiger partial charge in [0.15, 0.2) is 5.78 Å². The average Bonchev–Trinajstić information content (AvgIpc) is 2.17. The lowest BCUT2D eigenvalue weighted by Crippen LogP contribution is -2.11. The number of hydrogen-bond acceptors (Lipinski definition) is 2. The van der Waals surface area contributed by atoms with E-state index in [4.69, 9.17) is 0 Å². The quantitative estimate of drug-likeness (QED) is 0.691. The molecule has 1 aromatic carbocycles. The van der Waals surface area contributed by atoms with Gasteiger partial charge >= 0.3 is 0 Å². The van der Waals surface area contributed by atoms with E-state index >= 15 is 0 Å². The van der Waals surface area contributed by atoms with E-state index in [2.05, 4.69) is 4.98 Å². The number of H-pyrrole nitrogens is 1. The molecule has 14 heavy (non-hydrogen) atoms. The Hall–Kier alpha value is -1.90. The van der Waals surface area contributed by atoms with Gasteiger partial charge in [-0.05, 0) is 17.5 Å². The van der Waals surface area contributed by atoms with E-state index in [1.807, 2.05) is 12.1 Å². The van der Waals surface area contributed by atoms with Crippen molar-refractivity contribution >= 4 is 16.6 Å². The molecule has 0 aliphatic rings. The maximum absolute atomic E-state index is 11.5. The molecule has 3 heteroatoms. The molecule has 1 N–H and O–H groups in total. The molecule has 0 amide bonds. The highest BCUT2D eigenvalue weighted by Crippen LogP contribution is 2.09. The SMILES string of the molecule is CC(=O)c1cc2ccccc2c(=O)[nH]1. The van der Waals surface area contributed by atoms with Gasteiger partial charge in [0.1, 0.15) is 0 Å². The fourth-order valence-electron chi connectivity index (χ4n) is 1.40. The predicted molar refractivity (Wildman–Crippen MR) is 54.6 cm³/mol. The van der Waals surface area contributed by atoms with Crippen molar-refractivity contribution in [2.45, 2.75) is 6.92 Å². The number of aromatic nitrogens is 1. The van der Waals surface area contributed by atoms with E-state index in [9.17, 15) is 9.59 Å². The average molecular weight is 187 g/mol. The number of rotatable bonds is 1. The summed E-state index contributed by atoms with van der Waals surface area (Å²) in [7, 11) is 0. The van der Waals surface area contributed by atoms with E-state index in [1.165, 1.54) is 6.92 Å². The first kappa shape index (κ1) is 8.69. The molecule has 0 saturated carbocycles. The van der Waals surface area contributed by atoms with Gasteiger partial charge in [-0.15, -0.1) is 0 Å². The van der Waals surface area contributed by atoms with Crippen molar-refractivity contribution in [1.82, 2.24) is 4.98 Å². The highest BCUT2D eigenvalue weighted by molar-refractivity contribution is 5.96. The van der Waals surface area contributed by atoms with E-state index in [-0.39, 0.29) is 11.3 Å². The van der Waals surface area contributed by atoms with Crippen LogP contribution in [0.1, 0.15) is 17.4 Å². The number of benzene rings is 1. The highest BCUT2D eigenvalue weighted by Gasteiger charge is 2.03. The summed E-state index contributed by atoms with van der Waals surface area (Å²) in [4.78, 5) is 25.1. The van der Waals surface area contributed by atoms with E-state index in [0.29, 0.717) is 11.1 Å². The number of hydrogen-bond donors (Lipinski definition) is 1. The van der Waals surface area contributed by atoms with Crippen LogP contribution in [0, 0.1) is 0 Å². The van der Waals surface area contributed by atoms with Gasteiger partial charge in [0, 0.05) is 12.3 Å². The molecule has 0 saturated heterocycles. The van der Waals surface area contributed by atoms with E-state index in [1.54, 1.807) is 18.2 Å². The fourth-order valence-corrected chi connectivity index (χ4v) is 1.40. The van der Waals surface area contributed by atoms with Crippen LogP contribution >= 0.6 is 0 Å². The summed E-state index contributed by atoms with van der Waals surface area (Å²) in [5.74, 6) is -0.132. The van der Waals surface area contributed by atoms with Gasteiger partial charge < -0.3 is 4.98 Å². The van der Waals surface area contributed by atoms with Crippen LogP contribution in [0.5, 0.6) is 0 Å². The maximum atomic E-state index is 11.5. The summed E-state index contributed by atoms with van der Waals surface area (Å²) in [5.41, 5.74) is 0.141. The second-order valence-corrected chi connectivity index (χ2v) is 3.16. The van der Waals surface area contributed by atoms with Crippen molar-refractivity contribution in [3.8, 4) is 0 Å². The first-order chi connectivity index (χ1) is 6.68. The summed E-state index contributed by atoms with van der Waals surface area (Å²) in [6.07, 6.45) is 0. The molecule has 3 nitrogen and oxygen atoms in total. The summed E-state index contributed by atoms with van der Waals surface area (Å²) < 4.78 is 0. The molecule has 70 valence electrons. The van der Waals surface area contributed by atoms with Gasteiger partial charge in [0.25, 0.3) is 5.56 Å². The third-order valence-electron chi connectivity index (χ3n) is 2.13. The Balaban J connectivity index is 2.86. The lowest BCUT2D eigenvalue weighted by Gasteiger charge is -1.99. The molecule has 0 atom stereocenters. The molecule has 0 aliphatic heterocycles. The van der Waals surface area contributed by atoms with Crippen molar-refractivity contribution in [3.63, 3.8) is 0 Å². The Kier molecular flexibility index (Phi) is 1.93. The molecule has 1 heterocycles. The molecular weight excluding hydrogens is 178 g/mol. The minimum atomic E-state index is -0.215. The first-order valence-corrected chi connectivity index (χ1v) is 4.31. The lowest BCUT2D eigenvalue weighted by molar-refractivity contribution is 0.101. The molecule has 0 unspecified atom stereocenters. The van der Waals surface area contributed by atoms with Crippen LogP contribution in [0.2, 0.25) is 0 Å². The van der Waals surface area contributed by atoms with Gasteiger partial charge in [0.2, 0.25) is 0 Å². The normalized spacial score (nSPS) is 10.4. The van der Waals surface area contributed by atoms with E-state index < -0.39 is 0 Å². The second kappa shape index (κ2) is 3.10. The van der Waals surface area contributed by atoms with Crippen LogP contribution in [0.15, 0.2) is 35.1 Å². The predicted octanol–water partition coefficient (Wildman–Crippen LogP) is 1.73. The Labute approximate surface area is 80.4 Å². The Morgan fingerprint density at radius 2 is 2.00 bits per heavy atom. The summed E-state index contributed by atoms with van der Waals surface area (Å²) in [6.45, 7) is 1.43. The van der Waals surface area contributed by atoms with Gasteiger partial charge in [0.05, 0.1) is 5.69 Å². The van der Waals surface area contributed by atoms with Crippen LogP contribution in [-0.4, -0.2) is 10.8 Å². The molecule has 2 aromatic rings. The number of carbonyl (C=O) groups excluding carboxylic acids is 1. The Bertz CT molecular complexity index is 554. The number of nitrogens with one attached hydrogen (secondary N) is 1. The zero-order valence-corrected chi connectivity index (χ0v) is 7.70. The third kappa shape index (κ3) is 1.33. The largest absolute Gasteiger partial charge is 0.319 e. The minimum Gasteiger partial charge on any atom is -0.319 e. The molecule has 0 radical (unpaired) electrons. The van der Waals surface area contributed by atoms with Crippen molar-refractivity contribution in [2.24, 2.45) is 0 Å². The maximum Gasteiger partial charge on any atom is 0.256 e. The number of fused-ring (bicyclic) bond motifs is 1. The fraction of sp³-hybridized carbons (Fsp3) is 0.0909. The third-order valence-corrected chi connectivity index (χ3v) is 2.13. The van der Waals surface area contributed by atoms with Crippen molar-refractivity contribution in [3.05, 3.63) is 46.4 Å². The number of aromatic amines is 1. The molecule has 0 aliphatic carbocycles.